The van der Waals surface area contributed by atoms with Crippen LogP contribution in [0, 0.1) is 0 Å². The van der Waals surface area contributed by atoms with Gasteiger partial charge in [0, 0.05) is 19.0 Å². The van der Waals surface area contributed by atoms with E-state index in [1.54, 1.807) is 10.9 Å². The van der Waals surface area contributed by atoms with E-state index in [0.29, 0.717) is 16.5 Å². The summed E-state index contributed by atoms with van der Waals surface area (Å²) in [5, 5.41) is 4.71. The summed E-state index contributed by atoms with van der Waals surface area (Å²) < 4.78 is 7.35. The highest BCUT2D eigenvalue weighted by Gasteiger charge is 2.18. The van der Waals surface area contributed by atoms with Gasteiger partial charge in [-0.05, 0) is 6.07 Å². The highest BCUT2D eigenvalue weighted by atomic mass is 35.5. The van der Waals surface area contributed by atoms with Gasteiger partial charge < -0.3 is 10.2 Å². The van der Waals surface area contributed by atoms with E-state index in [1.165, 1.54) is 0 Å². The second kappa shape index (κ2) is 4.30. The molecule has 2 aromatic rings. The Morgan fingerprint density at radius 2 is 2.35 bits per heavy atom. The normalized spacial score (nSPS) is 10.8. The van der Waals surface area contributed by atoms with Crippen LogP contribution in [0.5, 0.6) is 0 Å². The van der Waals surface area contributed by atoms with Crippen molar-refractivity contribution in [3.8, 4) is 11.3 Å². The van der Waals surface area contributed by atoms with Crippen LogP contribution in [-0.2, 0) is 13.5 Å². The molecule has 0 radical (unpaired) electrons. The Balaban J connectivity index is 2.62. The van der Waals surface area contributed by atoms with Crippen LogP contribution in [0.1, 0.15) is 18.4 Å². The lowest BCUT2D eigenvalue weighted by Gasteiger charge is -2.01. The lowest BCUT2D eigenvalue weighted by molar-refractivity contribution is 0.504. The Bertz CT molecular complexity index is 549. The van der Waals surface area contributed by atoms with Gasteiger partial charge in [0.25, 0.3) is 0 Å². The zero-order valence-electron chi connectivity index (χ0n) is 9.83. The van der Waals surface area contributed by atoms with Crippen LogP contribution >= 0.6 is 11.6 Å². The van der Waals surface area contributed by atoms with Gasteiger partial charge >= 0.3 is 0 Å². The molecule has 2 N–H and O–H groups in total. The molecule has 2 heterocycles. The molecule has 2 aromatic heterocycles. The summed E-state index contributed by atoms with van der Waals surface area (Å²) >= 11 is 6.12. The van der Waals surface area contributed by atoms with Crippen LogP contribution in [0.15, 0.2) is 23.3 Å². The van der Waals surface area contributed by atoms with Gasteiger partial charge in [0.1, 0.15) is 11.5 Å². The first-order valence-corrected chi connectivity index (χ1v) is 5.67. The summed E-state index contributed by atoms with van der Waals surface area (Å²) in [4.78, 5) is 0. The smallest absolute Gasteiger partial charge is 0.150 e. The van der Waals surface area contributed by atoms with E-state index in [-0.39, 0.29) is 0 Å². The molecule has 5 heteroatoms. The van der Waals surface area contributed by atoms with E-state index in [4.69, 9.17) is 21.8 Å². The van der Waals surface area contributed by atoms with Crippen LogP contribution in [0.25, 0.3) is 17.0 Å². The summed E-state index contributed by atoms with van der Waals surface area (Å²) in [5.41, 5.74) is 7.79. The fraction of sp³-hybridized carbons (Fsp3) is 0.250. The minimum Gasteiger partial charge on any atom is -0.459 e. The van der Waals surface area contributed by atoms with Crippen molar-refractivity contribution in [3.63, 3.8) is 0 Å². The number of furan rings is 1. The largest absolute Gasteiger partial charge is 0.459 e. The van der Waals surface area contributed by atoms with Crippen molar-refractivity contribution < 1.29 is 4.42 Å². The number of nitrogens with two attached hydrogens (primary N) is 1. The topological polar surface area (TPSA) is 57.0 Å². The average molecular weight is 252 g/mol. The van der Waals surface area contributed by atoms with Crippen LogP contribution < -0.4 is 5.73 Å². The first-order valence-electron chi connectivity index (χ1n) is 5.30. The third-order valence-corrected chi connectivity index (χ3v) is 2.87. The fourth-order valence-corrected chi connectivity index (χ4v) is 2.03. The lowest BCUT2D eigenvalue weighted by Crippen LogP contribution is -1.94. The lowest BCUT2D eigenvalue weighted by atomic mass is 10.1. The maximum Gasteiger partial charge on any atom is 0.150 e. The van der Waals surface area contributed by atoms with Gasteiger partial charge in [-0.15, -0.1) is 0 Å². The number of halogens is 1. The van der Waals surface area contributed by atoms with Crippen LogP contribution in [0.2, 0.25) is 5.02 Å². The number of aryl methyl sites for hydroxylation is 2. The molecule has 0 fully saturated rings. The molecule has 0 unspecified atom stereocenters. The maximum absolute atomic E-state index is 6.12. The molecule has 0 saturated carbocycles. The number of hydrogen-bond acceptors (Lipinski definition) is 3. The van der Waals surface area contributed by atoms with E-state index in [0.717, 1.165) is 23.4 Å². The van der Waals surface area contributed by atoms with Gasteiger partial charge in [0.2, 0.25) is 0 Å². The quantitative estimate of drug-likeness (QED) is 0.913. The van der Waals surface area contributed by atoms with Crippen molar-refractivity contribution in [2.45, 2.75) is 13.3 Å². The van der Waals surface area contributed by atoms with Crippen molar-refractivity contribution in [2.24, 2.45) is 12.8 Å². The van der Waals surface area contributed by atoms with E-state index >= 15 is 0 Å². The second-order valence-corrected chi connectivity index (χ2v) is 4.20. The highest BCUT2D eigenvalue weighted by Crippen LogP contribution is 2.33. The molecule has 0 aromatic carbocycles. The number of aromatic nitrogens is 2. The highest BCUT2D eigenvalue weighted by molar-refractivity contribution is 6.33. The van der Waals surface area contributed by atoms with Gasteiger partial charge in [0.05, 0.1) is 22.6 Å². The first-order chi connectivity index (χ1) is 8.04. The van der Waals surface area contributed by atoms with Gasteiger partial charge in [-0.25, -0.2) is 0 Å². The number of hydrogen-bond donors (Lipinski definition) is 1. The molecule has 0 saturated heterocycles. The summed E-state index contributed by atoms with van der Waals surface area (Å²) in [5.74, 6) is 1.41. The summed E-state index contributed by atoms with van der Waals surface area (Å²) in [6, 6.07) is 1.85. The van der Waals surface area contributed by atoms with Gasteiger partial charge in [-0.1, -0.05) is 25.1 Å². The molecule has 2 rings (SSSR count). The number of rotatable bonds is 3. The minimum absolute atomic E-state index is 0.407. The molecule has 0 aliphatic rings. The maximum atomic E-state index is 6.12. The molecule has 0 spiro atoms. The Hall–Kier alpha value is -1.68. The van der Waals surface area contributed by atoms with Gasteiger partial charge in [0.15, 0.2) is 0 Å². The molecular weight excluding hydrogens is 238 g/mol. The summed E-state index contributed by atoms with van der Waals surface area (Å²) in [7, 11) is 1.84. The van der Waals surface area contributed by atoms with Crippen molar-refractivity contribution in [2.75, 3.05) is 0 Å². The average Bonchev–Trinajstić information content (AvgIpc) is 2.82. The van der Waals surface area contributed by atoms with Crippen molar-refractivity contribution >= 4 is 17.3 Å². The van der Waals surface area contributed by atoms with Crippen molar-refractivity contribution in [1.82, 2.24) is 9.78 Å². The van der Waals surface area contributed by atoms with Crippen LogP contribution in [0.4, 0.5) is 0 Å². The Kier molecular flexibility index (Phi) is 2.98. The van der Waals surface area contributed by atoms with Gasteiger partial charge in [-0.3, -0.25) is 4.68 Å². The molecule has 0 amide bonds. The van der Waals surface area contributed by atoms with E-state index < -0.39 is 0 Å². The minimum atomic E-state index is 0.407. The number of nitrogens with zero attached hydrogens (tertiary/aromatic N) is 2. The molecule has 4 nitrogen and oxygen atoms in total. The standard InChI is InChI=1S/C12H14ClN3O/c1-4-10-8(5-11(17-10)7(2)14)12-9(13)6-15-16(12)3/h5-6H,2,4,14H2,1,3H3. The third kappa shape index (κ3) is 1.96. The summed E-state index contributed by atoms with van der Waals surface area (Å²) in [6.07, 6.45) is 2.37. The first kappa shape index (κ1) is 11.8. The molecule has 0 bridgehead atoms. The monoisotopic (exact) mass is 251 g/mol. The third-order valence-electron chi connectivity index (χ3n) is 2.60. The zero-order valence-corrected chi connectivity index (χ0v) is 10.6. The zero-order chi connectivity index (χ0) is 12.6. The SMILES string of the molecule is C=C(N)c1cc(-c2c(Cl)cnn2C)c(CC)o1. The van der Waals surface area contributed by atoms with Gasteiger partial charge in [-0.2, -0.15) is 5.10 Å². The van der Waals surface area contributed by atoms with Crippen molar-refractivity contribution in [1.29, 1.82) is 0 Å². The Morgan fingerprint density at radius 3 is 2.82 bits per heavy atom. The predicted molar refractivity (Wildman–Crippen MR) is 68.5 cm³/mol. The molecule has 17 heavy (non-hydrogen) atoms. The molecule has 90 valence electrons. The fourth-order valence-electron chi connectivity index (χ4n) is 1.76. The van der Waals surface area contributed by atoms with E-state index in [2.05, 4.69) is 11.7 Å². The van der Waals surface area contributed by atoms with E-state index in [9.17, 15) is 0 Å². The summed E-state index contributed by atoms with van der Waals surface area (Å²) in [6.45, 7) is 5.68. The molecule has 0 aliphatic heterocycles. The Labute approximate surface area is 105 Å². The molecule has 0 aliphatic carbocycles. The molecule has 0 atom stereocenters. The predicted octanol–water partition coefficient (Wildman–Crippen LogP) is 2.83. The Morgan fingerprint density at radius 1 is 1.65 bits per heavy atom. The van der Waals surface area contributed by atoms with Crippen molar-refractivity contribution in [3.05, 3.63) is 35.4 Å². The second-order valence-electron chi connectivity index (χ2n) is 3.79. The van der Waals surface area contributed by atoms with Crippen LogP contribution in [-0.4, -0.2) is 9.78 Å². The molecular formula is C12H14ClN3O. The van der Waals surface area contributed by atoms with Crippen LogP contribution in [0.3, 0.4) is 0 Å². The van der Waals surface area contributed by atoms with E-state index in [1.807, 2.05) is 20.0 Å².